The molecule has 0 aromatic heterocycles. The number of benzene rings is 1. The maximum Gasteiger partial charge on any atom is 0.310 e. The van der Waals surface area contributed by atoms with Gasteiger partial charge in [0.1, 0.15) is 5.82 Å². The highest BCUT2D eigenvalue weighted by Gasteiger charge is 2.47. The van der Waals surface area contributed by atoms with Crippen molar-refractivity contribution >= 4 is 5.97 Å². The molecule has 1 aromatic carbocycles. The molecular weight excluding hydrogens is 269 g/mol. The summed E-state index contributed by atoms with van der Waals surface area (Å²) in [5.74, 6) is 0.680. The molecule has 0 amide bonds. The van der Waals surface area contributed by atoms with Crippen LogP contribution in [0.25, 0.3) is 0 Å². The molecule has 3 nitrogen and oxygen atoms in total. The van der Waals surface area contributed by atoms with Crippen molar-refractivity contribution in [2.24, 2.45) is 17.8 Å². The molecule has 0 saturated heterocycles. The van der Waals surface area contributed by atoms with E-state index < -0.39 is 0 Å². The standard InChI is InChI=1S/C17H22FNO2/c1-21-17(20)15-12-4-6-13(7-5-12)16(15)19-10-11-2-8-14(18)9-3-11/h2-3,8-9,12-13,15-16,19H,4-7,10H2,1H3. The van der Waals surface area contributed by atoms with Gasteiger partial charge in [0.15, 0.2) is 0 Å². The zero-order chi connectivity index (χ0) is 14.8. The van der Waals surface area contributed by atoms with Crippen LogP contribution in [0.3, 0.4) is 0 Å². The minimum absolute atomic E-state index is 0.0250. The topological polar surface area (TPSA) is 38.3 Å². The monoisotopic (exact) mass is 291 g/mol. The smallest absolute Gasteiger partial charge is 0.310 e. The van der Waals surface area contributed by atoms with Gasteiger partial charge in [0.2, 0.25) is 0 Å². The molecule has 0 aliphatic heterocycles. The largest absolute Gasteiger partial charge is 0.469 e. The first kappa shape index (κ1) is 14.5. The van der Waals surface area contributed by atoms with E-state index in [1.807, 2.05) is 0 Å². The van der Waals surface area contributed by atoms with E-state index in [-0.39, 0.29) is 23.7 Å². The Labute approximate surface area is 124 Å². The Morgan fingerprint density at radius 3 is 2.43 bits per heavy atom. The summed E-state index contributed by atoms with van der Waals surface area (Å²) in [5.41, 5.74) is 1.04. The Morgan fingerprint density at radius 2 is 1.81 bits per heavy atom. The van der Waals surface area contributed by atoms with Gasteiger partial charge in [-0.25, -0.2) is 4.39 Å². The highest BCUT2D eigenvalue weighted by molar-refractivity contribution is 5.74. The third kappa shape index (κ3) is 2.95. The second kappa shape index (κ2) is 6.14. The molecule has 2 bridgehead atoms. The minimum Gasteiger partial charge on any atom is -0.469 e. The van der Waals surface area contributed by atoms with Gasteiger partial charge in [0.05, 0.1) is 13.0 Å². The van der Waals surface area contributed by atoms with Gasteiger partial charge in [-0.1, -0.05) is 12.1 Å². The minimum atomic E-state index is -0.220. The van der Waals surface area contributed by atoms with Crippen molar-refractivity contribution in [3.05, 3.63) is 35.6 Å². The Bertz CT molecular complexity index is 494. The molecule has 3 aliphatic rings. The van der Waals surface area contributed by atoms with Crippen LogP contribution in [-0.2, 0) is 16.1 Å². The SMILES string of the molecule is COC(=O)C1C2CCC(CC2)C1NCc1ccc(F)cc1. The van der Waals surface area contributed by atoms with E-state index in [0.717, 1.165) is 18.4 Å². The fourth-order valence-electron chi connectivity index (χ4n) is 4.06. The van der Waals surface area contributed by atoms with Crippen molar-refractivity contribution in [3.63, 3.8) is 0 Å². The van der Waals surface area contributed by atoms with Crippen molar-refractivity contribution in [2.45, 2.75) is 38.3 Å². The first-order valence-corrected chi connectivity index (χ1v) is 7.74. The summed E-state index contributed by atoms with van der Waals surface area (Å²) in [6.07, 6.45) is 4.66. The van der Waals surface area contributed by atoms with Crippen molar-refractivity contribution < 1.29 is 13.9 Å². The summed E-state index contributed by atoms with van der Waals surface area (Å²) in [4.78, 5) is 12.1. The number of carbonyl (C=O) groups excluding carboxylic acids is 1. The van der Waals surface area contributed by atoms with Gasteiger partial charge < -0.3 is 10.1 Å². The van der Waals surface area contributed by atoms with Crippen LogP contribution in [0.2, 0.25) is 0 Å². The summed E-state index contributed by atoms with van der Waals surface area (Å²) in [6.45, 7) is 0.668. The van der Waals surface area contributed by atoms with Gasteiger partial charge in [-0.05, 0) is 55.2 Å². The number of ether oxygens (including phenoxy) is 1. The van der Waals surface area contributed by atoms with Crippen molar-refractivity contribution in [2.75, 3.05) is 7.11 Å². The van der Waals surface area contributed by atoms with E-state index >= 15 is 0 Å². The highest BCUT2D eigenvalue weighted by atomic mass is 19.1. The predicted octanol–water partition coefficient (Wildman–Crippen LogP) is 2.89. The summed E-state index contributed by atoms with van der Waals surface area (Å²) in [6, 6.07) is 6.71. The summed E-state index contributed by atoms with van der Waals surface area (Å²) >= 11 is 0. The lowest BCUT2D eigenvalue weighted by Crippen LogP contribution is -2.54. The molecule has 0 spiro atoms. The molecule has 1 aromatic rings. The predicted molar refractivity (Wildman–Crippen MR) is 78.0 cm³/mol. The van der Waals surface area contributed by atoms with Gasteiger partial charge in [-0.15, -0.1) is 0 Å². The number of nitrogens with one attached hydrogen (secondary N) is 1. The molecule has 3 fully saturated rings. The Morgan fingerprint density at radius 1 is 1.19 bits per heavy atom. The molecule has 2 unspecified atom stereocenters. The molecule has 3 saturated carbocycles. The normalized spacial score (nSPS) is 31.1. The number of fused-ring (bicyclic) bond motifs is 3. The third-order valence-corrected chi connectivity index (χ3v) is 5.15. The van der Waals surface area contributed by atoms with Gasteiger partial charge in [0, 0.05) is 12.6 Å². The lowest BCUT2D eigenvalue weighted by Gasteiger charge is -2.47. The maximum atomic E-state index is 12.9. The number of halogens is 1. The molecule has 4 rings (SSSR count). The lowest BCUT2D eigenvalue weighted by molar-refractivity contribution is -0.153. The van der Waals surface area contributed by atoms with Crippen LogP contribution in [0.4, 0.5) is 4.39 Å². The van der Waals surface area contributed by atoms with Crippen LogP contribution in [0.1, 0.15) is 31.2 Å². The van der Waals surface area contributed by atoms with E-state index in [0.29, 0.717) is 18.4 Å². The van der Waals surface area contributed by atoms with E-state index in [9.17, 15) is 9.18 Å². The number of methoxy groups -OCH3 is 1. The van der Waals surface area contributed by atoms with E-state index in [2.05, 4.69) is 5.32 Å². The molecule has 4 heteroatoms. The molecular formula is C17H22FNO2. The van der Waals surface area contributed by atoms with E-state index in [1.165, 1.54) is 32.1 Å². The van der Waals surface area contributed by atoms with Gasteiger partial charge in [-0.2, -0.15) is 0 Å². The lowest BCUT2D eigenvalue weighted by atomic mass is 9.61. The molecule has 2 atom stereocenters. The number of hydrogen-bond acceptors (Lipinski definition) is 3. The first-order chi connectivity index (χ1) is 10.2. The third-order valence-electron chi connectivity index (χ3n) is 5.15. The highest BCUT2D eigenvalue weighted by Crippen LogP contribution is 2.45. The maximum absolute atomic E-state index is 12.9. The number of carbonyl (C=O) groups is 1. The van der Waals surface area contributed by atoms with Crippen molar-refractivity contribution in [1.29, 1.82) is 0 Å². The fraction of sp³-hybridized carbons (Fsp3) is 0.588. The second-order valence-electron chi connectivity index (χ2n) is 6.26. The Kier molecular flexibility index (Phi) is 4.24. The van der Waals surface area contributed by atoms with Crippen LogP contribution in [-0.4, -0.2) is 19.1 Å². The van der Waals surface area contributed by atoms with Gasteiger partial charge >= 0.3 is 5.97 Å². The number of hydrogen-bond donors (Lipinski definition) is 1. The Hall–Kier alpha value is -1.42. The first-order valence-electron chi connectivity index (χ1n) is 7.74. The summed E-state index contributed by atoms with van der Waals surface area (Å²) < 4.78 is 17.9. The Balaban J connectivity index is 1.69. The number of rotatable bonds is 4. The van der Waals surface area contributed by atoms with Crippen LogP contribution in [0, 0.1) is 23.6 Å². The molecule has 0 heterocycles. The van der Waals surface area contributed by atoms with Crippen molar-refractivity contribution in [1.82, 2.24) is 5.32 Å². The zero-order valence-electron chi connectivity index (χ0n) is 12.3. The average Bonchev–Trinajstić information content (AvgIpc) is 2.54. The van der Waals surface area contributed by atoms with E-state index in [4.69, 9.17) is 4.74 Å². The van der Waals surface area contributed by atoms with Crippen LogP contribution < -0.4 is 5.32 Å². The quantitative estimate of drug-likeness (QED) is 0.867. The molecule has 0 radical (unpaired) electrons. The average molecular weight is 291 g/mol. The van der Waals surface area contributed by atoms with Crippen LogP contribution in [0.5, 0.6) is 0 Å². The molecule has 3 aliphatic carbocycles. The van der Waals surface area contributed by atoms with Crippen LogP contribution in [0.15, 0.2) is 24.3 Å². The van der Waals surface area contributed by atoms with E-state index in [1.54, 1.807) is 12.1 Å². The molecule has 1 N–H and O–H groups in total. The fourth-order valence-corrected chi connectivity index (χ4v) is 4.06. The molecule has 114 valence electrons. The van der Waals surface area contributed by atoms with Crippen molar-refractivity contribution in [3.8, 4) is 0 Å². The van der Waals surface area contributed by atoms with Gasteiger partial charge in [-0.3, -0.25) is 4.79 Å². The van der Waals surface area contributed by atoms with Crippen LogP contribution >= 0.6 is 0 Å². The summed E-state index contributed by atoms with van der Waals surface area (Å²) in [7, 11) is 1.47. The summed E-state index contributed by atoms with van der Waals surface area (Å²) in [5, 5.41) is 3.53. The zero-order valence-corrected chi connectivity index (χ0v) is 12.3. The molecule has 21 heavy (non-hydrogen) atoms. The second-order valence-corrected chi connectivity index (χ2v) is 6.26. The van der Waals surface area contributed by atoms with Gasteiger partial charge in [0.25, 0.3) is 0 Å². The number of esters is 1.